The van der Waals surface area contributed by atoms with Gasteiger partial charge in [0, 0.05) is 30.8 Å². The summed E-state index contributed by atoms with van der Waals surface area (Å²) < 4.78 is 19.2. The lowest BCUT2D eigenvalue weighted by Gasteiger charge is -2.32. The zero-order valence-electron chi connectivity index (χ0n) is 15.1. The molecule has 2 aromatic rings. The molecule has 1 amide bonds. The molecule has 0 bridgehead atoms. The van der Waals surface area contributed by atoms with Crippen LogP contribution < -0.4 is 10.1 Å². The van der Waals surface area contributed by atoms with Gasteiger partial charge in [-0.15, -0.1) is 0 Å². The number of halogens is 1. The molecule has 0 saturated carbocycles. The average molecular weight is 356 g/mol. The van der Waals surface area contributed by atoms with Gasteiger partial charge in [0.1, 0.15) is 11.6 Å². The van der Waals surface area contributed by atoms with Gasteiger partial charge in [0.25, 0.3) is 0 Å². The monoisotopic (exact) mass is 356 g/mol. The Morgan fingerprint density at radius 3 is 2.69 bits per heavy atom. The van der Waals surface area contributed by atoms with E-state index in [1.807, 2.05) is 30.3 Å². The van der Waals surface area contributed by atoms with Crippen molar-refractivity contribution in [3.05, 3.63) is 65.5 Å². The molecule has 1 aliphatic rings. The fourth-order valence-corrected chi connectivity index (χ4v) is 3.46. The molecule has 5 heteroatoms. The number of hydrogen-bond acceptors (Lipinski definition) is 3. The fourth-order valence-electron chi connectivity index (χ4n) is 3.46. The summed E-state index contributed by atoms with van der Waals surface area (Å²) >= 11 is 0. The van der Waals surface area contributed by atoms with Crippen molar-refractivity contribution in [2.75, 3.05) is 20.2 Å². The van der Waals surface area contributed by atoms with Crippen LogP contribution in [0.25, 0.3) is 0 Å². The number of rotatable bonds is 6. The Labute approximate surface area is 154 Å². The van der Waals surface area contributed by atoms with Crippen molar-refractivity contribution in [1.29, 1.82) is 0 Å². The summed E-state index contributed by atoms with van der Waals surface area (Å²) in [5, 5.41) is 3.02. The number of para-hydroxylation sites is 1. The number of amides is 1. The summed E-state index contributed by atoms with van der Waals surface area (Å²) in [5.41, 5.74) is 1.64. The van der Waals surface area contributed by atoms with E-state index in [1.165, 1.54) is 6.07 Å². The van der Waals surface area contributed by atoms with Crippen LogP contribution >= 0.6 is 0 Å². The lowest BCUT2D eigenvalue weighted by molar-refractivity contribution is -0.126. The van der Waals surface area contributed by atoms with E-state index in [0.717, 1.165) is 30.7 Å². The molecule has 1 N–H and O–H groups in total. The van der Waals surface area contributed by atoms with Gasteiger partial charge in [-0.3, -0.25) is 9.69 Å². The Kier molecular flexibility index (Phi) is 6.23. The molecule has 1 saturated heterocycles. The highest BCUT2D eigenvalue weighted by Gasteiger charge is 2.26. The van der Waals surface area contributed by atoms with Crippen LogP contribution in [0.5, 0.6) is 5.75 Å². The van der Waals surface area contributed by atoms with Crippen LogP contribution in [0.1, 0.15) is 24.0 Å². The highest BCUT2D eigenvalue weighted by Crippen LogP contribution is 2.21. The third kappa shape index (κ3) is 4.61. The Bertz CT molecular complexity index is 750. The number of ether oxygens (including phenoxy) is 1. The number of hydrogen-bond donors (Lipinski definition) is 1. The van der Waals surface area contributed by atoms with Gasteiger partial charge in [0.15, 0.2) is 0 Å². The van der Waals surface area contributed by atoms with Gasteiger partial charge in [0.2, 0.25) is 5.91 Å². The van der Waals surface area contributed by atoms with Crippen molar-refractivity contribution >= 4 is 5.91 Å². The van der Waals surface area contributed by atoms with Crippen LogP contribution in [-0.2, 0) is 17.9 Å². The lowest BCUT2D eigenvalue weighted by Crippen LogP contribution is -2.42. The van der Waals surface area contributed by atoms with Crippen LogP contribution in [0, 0.1) is 11.7 Å². The zero-order valence-corrected chi connectivity index (χ0v) is 15.1. The van der Waals surface area contributed by atoms with Crippen molar-refractivity contribution in [3.8, 4) is 5.75 Å². The maximum atomic E-state index is 13.9. The summed E-state index contributed by atoms with van der Waals surface area (Å²) in [4.78, 5) is 14.7. The van der Waals surface area contributed by atoms with Gasteiger partial charge in [-0.25, -0.2) is 4.39 Å². The van der Waals surface area contributed by atoms with E-state index in [1.54, 1.807) is 19.2 Å². The standard InChI is InChI=1S/C21H25FN2O2/c1-26-20-11-5-3-7-16(20)13-23-21(25)18-9-6-12-24(15-18)14-17-8-2-4-10-19(17)22/h2-5,7-8,10-11,18H,6,9,12-15H2,1H3,(H,23,25). The molecule has 1 aliphatic heterocycles. The first kappa shape index (κ1) is 18.4. The number of nitrogens with one attached hydrogen (secondary N) is 1. The molecule has 1 fully saturated rings. The number of benzene rings is 2. The topological polar surface area (TPSA) is 41.6 Å². The van der Waals surface area contributed by atoms with Crippen molar-refractivity contribution < 1.29 is 13.9 Å². The van der Waals surface area contributed by atoms with E-state index >= 15 is 0 Å². The minimum Gasteiger partial charge on any atom is -0.496 e. The van der Waals surface area contributed by atoms with Gasteiger partial charge in [-0.1, -0.05) is 36.4 Å². The summed E-state index contributed by atoms with van der Waals surface area (Å²) in [6, 6.07) is 14.5. The van der Waals surface area contributed by atoms with Crippen molar-refractivity contribution in [2.45, 2.75) is 25.9 Å². The Morgan fingerprint density at radius 1 is 1.19 bits per heavy atom. The minimum atomic E-state index is -0.185. The first-order chi connectivity index (χ1) is 12.7. The number of carbonyl (C=O) groups is 1. The predicted octanol–water partition coefficient (Wildman–Crippen LogP) is 3.36. The second kappa shape index (κ2) is 8.81. The van der Waals surface area contributed by atoms with E-state index < -0.39 is 0 Å². The maximum Gasteiger partial charge on any atom is 0.224 e. The summed E-state index contributed by atoms with van der Waals surface area (Å²) in [6.07, 6.45) is 1.81. The SMILES string of the molecule is COc1ccccc1CNC(=O)C1CCCN(Cc2ccccc2F)C1. The Morgan fingerprint density at radius 2 is 1.92 bits per heavy atom. The highest BCUT2D eigenvalue weighted by atomic mass is 19.1. The number of carbonyl (C=O) groups excluding carboxylic acids is 1. The average Bonchev–Trinajstić information content (AvgIpc) is 2.68. The number of piperidine rings is 1. The first-order valence-electron chi connectivity index (χ1n) is 9.02. The van der Waals surface area contributed by atoms with Gasteiger partial charge < -0.3 is 10.1 Å². The molecule has 26 heavy (non-hydrogen) atoms. The highest BCUT2D eigenvalue weighted by molar-refractivity contribution is 5.79. The zero-order chi connectivity index (χ0) is 18.4. The smallest absolute Gasteiger partial charge is 0.224 e. The van der Waals surface area contributed by atoms with Crippen molar-refractivity contribution in [3.63, 3.8) is 0 Å². The van der Waals surface area contributed by atoms with Gasteiger partial charge >= 0.3 is 0 Å². The molecule has 0 spiro atoms. The Balaban J connectivity index is 1.55. The molecule has 0 aliphatic carbocycles. The van der Waals surface area contributed by atoms with Crippen LogP contribution in [0.4, 0.5) is 4.39 Å². The molecule has 1 atom stereocenters. The third-order valence-electron chi connectivity index (χ3n) is 4.87. The predicted molar refractivity (Wildman–Crippen MR) is 99.2 cm³/mol. The third-order valence-corrected chi connectivity index (χ3v) is 4.87. The first-order valence-corrected chi connectivity index (χ1v) is 9.02. The molecule has 3 rings (SSSR count). The van der Waals surface area contributed by atoms with Gasteiger partial charge in [-0.05, 0) is 31.5 Å². The molecule has 0 radical (unpaired) electrons. The quantitative estimate of drug-likeness (QED) is 0.863. The fraction of sp³-hybridized carbons (Fsp3) is 0.381. The van der Waals surface area contributed by atoms with Crippen LogP contribution in [-0.4, -0.2) is 31.0 Å². The van der Waals surface area contributed by atoms with Crippen LogP contribution in [0.3, 0.4) is 0 Å². The summed E-state index contributed by atoms with van der Waals surface area (Å²) in [6.45, 7) is 2.55. The molecule has 1 heterocycles. The number of nitrogens with zero attached hydrogens (tertiary/aromatic N) is 1. The number of likely N-dealkylation sites (tertiary alicyclic amines) is 1. The van der Waals surface area contributed by atoms with Crippen LogP contribution in [0.2, 0.25) is 0 Å². The van der Waals surface area contributed by atoms with Crippen molar-refractivity contribution in [1.82, 2.24) is 10.2 Å². The molecule has 138 valence electrons. The van der Waals surface area contributed by atoms with E-state index in [9.17, 15) is 9.18 Å². The summed E-state index contributed by atoms with van der Waals surface area (Å²) in [5.74, 6) is 0.576. The van der Waals surface area contributed by atoms with E-state index in [0.29, 0.717) is 25.2 Å². The molecule has 4 nitrogen and oxygen atoms in total. The molecule has 1 unspecified atom stereocenters. The van der Waals surface area contributed by atoms with E-state index in [4.69, 9.17) is 4.74 Å². The van der Waals surface area contributed by atoms with Crippen LogP contribution in [0.15, 0.2) is 48.5 Å². The largest absolute Gasteiger partial charge is 0.496 e. The minimum absolute atomic E-state index is 0.0501. The second-order valence-corrected chi connectivity index (χ2v) is 6.70. The van der Waals surface area contributed by atoms with Crippen molar-refractivity contribution in [2.24, 2.45) is 5.92 Å². The van der Waals surface area contributed by atoms with Gasteiger partial charge in [-0.2, -0.15) is 0 Å². The summed E-state index contributed by atoms with van der Waals surface area (Å²) in [7, 11) is 1.63. The normalized spacial score (nSPS) is 17.7. The number of methoxy groups -OCH3 is 1. The lowest BCUT2D eigenvalue weighted by atomic mass is 9.96. The van der Waals surface area contributed by atoms with Gasteiger partial charge in [0.05, 0.1) is 13.0 Å². The molecule has 0 aromatic heterocycles. The molecular weight excluding hydrogens is 331 g/mol. The second-order valence-electron chi connectivity index (χ2n) is 6.70. The molecule has 2 aromatic carbocycles. The molecular formula is C21H25FN2O2. The Hall–Kier alpha value is -2.40. The van der Waals surface area contributed by atoms with E-state index in [2.05, 4.69) is 10.2 Å². The van der Waals surface area contributed by atoms with E-state index in [-0.39, 0.29) is 17.6 Å². The maximum absolute atomic E-state index is 13.9.